The van der Waals surface area contributed by atoms with Crippen LogP contribution in [0.15, 0.2) is 35.3 Å². The molecule has 1 aromatic rings. The van der Waals surface area contributed by atoms with Gasteiger partial charge in [0.2, 0.25) is 0 Å². The highest BCUT2D eigenvalue weighted by Gasteiger charge is 2.06. The number of aliphatic imine (C=N–C) groups is 1. The second-order valence-corrected chi connectivity index (χ2v) is 9.18. The molecule has 0 aliphatic rings. The summed E-state index contributed by atoms with van der Waals surface area (Å²) in [6.45, 7) is 7.32. The van der Waals surface area contributed by atoms with Crippen LogP contribution in [-0.4, -0.2) is 20.8 Å². The molecule has 0 atom stereocenters. The first kappa shape index (κ1) is 11.7. The predicted octanol–water partition coefficient (Wildman–Crippen LogP) is 2.99. The van der Waals surface area contributed by atoms with Crippen LogP contribution in [-0.2, 0) is 0 Å². The molecule has 0 N–H and O–H groups in total. The fourth-order valence-electron chi connectivity index (χ4n) is 1.04. The Kier molecular flexibility index (Phi) is 4.32. The lowest BCUT2D eigenvalue weighted by atomic mass is 10.2. The Balaban J connectivity index is 2.44. The van der Waals surface area contributed by atoms with E-state index in [2.05, 4.69) is 36.1 Å². The van der Waals surface area contributed by atoms with Gasteiger partial charge in [0, 0.05) is 6.21 Å². The highest BCUT2D eigenvalue weighted by Crippen LogP contribution is 1.96. The molecule has 0 spiro atoms. The van der Waals surface area contributed by atoms with Crippen molar-refractivity contribution >= 4 is 14.3 Å². The number of benzene rings is 1. The van der Waals surface area contributed by atoms with Crippen LogP contribution in [0.2, 0.25) is 19.6 Å². The van der Waals surface area contributed by atoms with E-state index in [4.69, 9.17) is 0 Å². The van der Waals surface area contributed by atoms with Crippen LogP contribution in [0.25, 0.3) is 0 Å². The van der Waals surface area contributed by atoms with Crippen molar-refractivity contribution < 1.29 is 0 Å². The van der Waals surface area contributed by atoms with Crippen molar-refractivity contribution in [3.8, 4) is 11.5 Å². The molecule has 0 bridgehead atoms. The average Bonchev–Trinajstić information content (AvgIpc) is 2.17. The van der Waals surface area contributed by atoms with E-state index < -0.39 is 8.07 Å². The molecule has 1 aromatic carbocycles. The molecule has 0 fully saturated rings. The largest absolute Gasteiger partial charge is 0.280 e. The van der Waals surface area contributed by atoms with Gasteiger partial charge in [-0.25, -0.2) is 0 Å². The maximum Gasteiger partial charge on any atom is 0.129 e. The quantitative estimate of drug-likeness (QED) is 0.408. The fraction of sp³-hybridized carbons (Fsp3) is 0.308. The van der Waals surface area contributed by atoms with Crippen LogP contribution in [0.3, 0.4) is 0 Å². The number of rotatable bonds is 2. The number of hydrogen-bond donors (Lipinski definition) is 0. The molecule has 1 nitrogen and oxygen atoms in total. The van der Waals surface area contributed by atoms with E-state index in [1.54, 1.807) is 0 Å². The normalized spacial score (nSPS) is 11.1. The van der Waals surface area contributed by atoms with Crippen molar-refractivity contribution in [1.29, 1.82) is 0 Å². The second kappa shape index (κ2) is 5.52. The SMILES string of the molecule is C[Si](C)(C)C#CCN=Cc1ccccc1. The minimum Gasteiger partial charge on any atom is -0.280 e. The highest BCUT2D eigenvalue weighted by molar-refractivity contribution is 6.83. The third kappa shape index (κ3) is 5.87. The van der Waals surface area contributed by atoms with Gasteiger partial charge in [-0.05, 0) is 5.56 Å². The Morgan fingerprint density at radius 3 is 2.47 bits per heavy atom. The molecule has 0 aliphatic carbocycles. The molecule has 15 heavy (non-hydrogen) atoms. The molecule has 0 saturated carbocycles. The van der Waals surface area contributed by atoms with E-state index >= 15 is 0 Å². The van der Waals surface area contributed by atoms with Crippen LogP contribution < -0.4 is 0 Å². The van der Waals surface area contributed by atoms with Crippen molar-refractivity contribution in [2.45, 2.75) is 19.6 Å². The molecule has 0 heterocycles. The molecule has 0 saturated heterocycles. The summed E-state index contributed by atoms with van der Waals surface area (Å²) in [5, 5.41) is 0. The van der Waals surface area contributed by atoms with E-state index in [-0.39, 0.29) is 0 Å². The number of nitrogens with zero attached hydrogens (tertiary/aromatic N) is 1. The van der Waals surface area contributed by atoms with Crippen molar-refractivity contribution in [3.05, 3.63) is 35.9 Å². The van der Waals surface area contributed by atoms with Gasteiger partial charge in [0.25, 0.3) is 0 Å². The Labute approximate surface area is 93.3 Å². The first-order valence-electron chi connectivity index (χ1n) is 5.13. The maximum absolute atomic E-state index is 4.27. The third-order valence-electron chi connectivity index (χ3n) is 1.67. The summed E-state index contributed by atoms with van der Waals surface area (Å²) in [5.74, 6) is 3.11. The van der Waals surface area contributed by atoms with Crippen LogP contribution in [0.4, 0.5) is 0 Å². The summed E-state index contributed by atoms with van der Waals surface area (Å²) in [4.78, 5) is 4.27. The predicted molar refractivity (Wildman–Crippen MR) is 70.0 cm³/mol. The first-order valence-corrected chi connectivity index (χ1v) is 8.63. The minimum absolute atomic E-state index is 0.610. The van der Waals surface area contributed by atoms with Crippen molar-refractivity contribution in [2.75, 3.05) is 6.54 Å². The third-order valence-corrected chi connectivity index (χ3v) is 2.60. The summed E-state index contributed by atoms with van der Waals surface area (Å²) >= 11 is 0. The van der Waals surface area contributed by atoms with E-state index in [1.165, 1.54) is 0 Å². The van der Waals surface area contributed by atoms with E-state index in [0.29, 0.717) is 6.54 Å². The molecule has 0 unspecified atom stereocenters. The van der Waals surface area contributed by atoms with Crippen molar-refractivity contribution in [1.82, 2.24) is 0 Å². The van der Waals surface area contributed by atoms with E-state index in [9.17, 15) is 0 Å². The Morgan fingerprint density at radius 2 is 1.87 bits per heavy atom. The topological polar surface area (TPSA) is 12.4 Å². The molecule has 0 aliphatic heterocycles. The molecule has 1 rings (SSSR count). The lowest BCUT2D eigenvalue weighted by Crippen LogP contribution is -2.16. The average molecular weight is 215 g/mol. The smallest absolute Gasteiger partial charge is 0.129 e. The van der Waals surface area contributed by atoms with Gasteiger partial charge in [-0.3, -0.25) is 4.99 Å². The zero-order valence-corrected chi connectivity index (χ0v) is 10.6. The first-order chi connectivity index (χ1) is 7.08. The summed E-state index contributed by atoms with van der Waals surface area (Å²) in [6.07, 6.45) is 1.87. The fourth-order valence-corrected chi connectivity index (χ4v) is 1.65. The van der Waals surface area contributed by atoms with Gasteiger partial charge in [0.15, 0.2) is 0 Å². The lowest BCUT2D eigenvalue weighted by molar-refractivity contribution is 1.30. The van der Waals surface area contributed by atoms with Crippen molar-refractivity contribution in [3.63, 3.8) is 0 Å². The lowest BCUT2D eigenvalue weighted by Gasteiger charge is -2.02. The van der Waals surface area contributed by atoms with Crippen molar-refractivity contribution in [2.24, 2.45) is 4.99 Å². The van der Waals surface area contributed by atoms with Crippen LogP contribution >= 0.6 is 0 Å². The monoisotopic (exact) mass is 215 g/mol. The zero-order valence-electron chi connectivity index (χ0n) is 9.62. The highest BCUT2D eigenvalue weighted by atomic mass is 28.3. The van der Waals surface area contributed by atoms with E-state index in [1.807, 2.05) is 36.5 Å². The Hall–Kier alpha value is -1.33. The molecular weight excluding hydrogens is 198 g/mol. The Bertz CT molecular complexity index is 376. The van der Waals surface area contributed by atoms with Gasteiger partial charge >= 0.3 is 0 Å². The summed E-state index contributed by atoms with van der Waals surface area (Å²) in [6, 6.07) is 10.1. The van der Waals surface area contributed by atoms with Gasteiger partial charge < -0.3 is 0 Å². The van der Waals surface area contributed by atoms with E-state index in [0.717, 1.165) is 5.56 Å². The van der Waals surface area contributed by atoms with Gasteiger partial charge in [-0.15, -0.1) is 5.54 Å². The van der Waals surface area contributed by atoms with Gasteiger partial charge in [0.05, 0.1) is 6.54 Å². The van der Waals surface area contributed by atoms with Gasteiger partial charge in [-0.1, -0.05) is 55.9 Å². The van der Waals surface area contributed by atoms with Crippen LogP contribution in [0, 0.1) is 11.5 Å². The second-order valence-electron chi connectivity index (χ2n) is 4.43. The molecule has 2 heteroatoms. The number of hydrogen-bond acceptors (Lipinski definition) is 1. The standard InChI is InChI=1S/C13H17NSi/c1-15(2,3)11-7-10-14-12-13-8-5-4-6-9-13/h4-6,8-9,12H,10H2,1-3H3. The molecule has 0 radical (unpaired) electrons. The molecular formula is C13H17NSi. The van der Waals surface area contributed by atoms with Crippen LogP contribution in [0.5, 0.6) is 0 Å². The summed E-state index contributed by atoms with van der Waals surface area (Å²) < 4.78 is 0. The maximum atomic E-state index is 4.27. The molecule has 0 aromatic heterocycles. The molecule has 78 valence electrons. The summed E-state index contributed by atoms with van der Waals surface area (Å²) in [7, 11) is -1.22. The zero-order chi connectivity index (χ0) is 11.1. The van der Waals surface area contributed by atoms with Gasteiger partial charge in [0.1, 0.15) is 8.07 Å². The summed E-state index contributed by atoms with van der Waals surface area (Å²) in [5.41, 5.74) is 4.42. The molecule has 0 amide bonds. The van der Waals surface area contributed by atoms with Gasteiger partial charge in [-0.2, -0.15) is 0 Å². The minimum atomic E-state index is -1.22. The Morgan fingerprint density at radius 1 is 1.20 bits per heavy atom. The van der Waals surface area contributed by atoms with Crippen LogP contribution in [0.1, 0.15) is 5.56 Å².